The Labute approximate surface area is 174 Å². The Hall–Kier alpha value is -3.65. The van der Waals surface area contributed by atoms with E-state index in [0.717, 1.165) is 11.1 Å². The summed E-state index contributed by atoms with van der Waals surface area (Å²) in [6.45, 7) is 0.461. The van der Waals surface area contributed by atoms with Crippen molar-refractivity contribution in [3.63, 3.8) is 0 Å². The molecule has 0 aliphatic rings. The Morgan fingerprint density at radius 3 is 2.50 bits per heavy atom. The van der Waals surface area contributed by atoms with Crippen molar-refractivity contribution < 1.29 is 9.72 Å². The van der Waals surface area contributed by atoms with Gasteiger partial charge >= 0.3 is 0 Å². The minimum atomic E-state index is -1.26. The summed E-state index contributed by atoms with van der Waals surface area (Å²) in [7, 11) is 0. The number of amides is 1. The lowest BCUT2D eigenvalue weighted by Crippen LogP contribution is -2.53. The molecule has 0 bridgehead atoms. The zero-order valence-corrected chi connectivity index (χ0v) is 16.4. The summed E-state index contributed by atoms with van der Waals surface area (Å²) in [5.74, 6) is -0.582. The molecule has 0 radical (unpaired) electrons. The van der Waals surface area contributed by atoms with Crippen molar-refractivity contribution in [2.24, 2.45) is 5.73 Å². The Balaban J connectivity index is 1.90. The second-order valence-corrected chi connectivity index (χ2v) is 6.97. The second-order valence-electron chi connectivity index (χ2n) is 6.97. The van der Waals surface area contributed by atoms with E-state index < -0.39 is 16.4 Å². The molecule has 3 aromatic rings. The van der Waals surface area contributed by atoms with Gasteiger partial charge in [0.25, 0.3) is 5.69 Å². The lowest BCUT2D eigenvalue weighted by atomic mass is 9.83. The fraction of sp³-hybridized carbons (Fsp3) is 0.227. The van der Waals surface area contributed by atoms with Crippen LogP contribution in [0.15, 0.2) is 73.3 Å². The van der Waals surface area contributed by atoms with Crippen molar-refractivity contribution in [3.05, 3.63) is 100 Å². The van der Waals surface area contributed by atoms with Gasteiger partial charge in [-0.25, -0.2) is 0 Å². The molecule has 3 N–H and O–H groups in total. The summed E-state index contributed by atoms with van der Waals surface area (Å²) < 4.78 is 0. The van der Waals surface area contributed by atoms with E-state index in [0.29, 0.717) is 31.4 Å². The van der Waals surface area contributed by atoms with Gasteiger partial charge in [0.15, 0.2) is 0 Å². The van der Waals surface area contributed by atoms with E-state index in [1.807, 2.05) is 24.3 Å². The first-order valence-corrected chi connectivity index (χ1v) is 9.59. The van der Waals surface area contributed by atoms with E-state index >= 15 is 0 Å². The normalized spacial score (nSPS) is 12.8. The van der Waals surface area contributed by atoms with Crippen molar-refractivity contribution in [2.75, 3.05) is 6.54 Å². The van der Waals surface area contributed by atoms with Gasteiger partial charge in [0, 0.05) is 43.5 Å². The molecule has 0 aliphatic carbocycles. The van der Waals surface area contributed by atoms with Crippen molar-refractivity contribution in [3.8, 4) is 0 Å². The molecule has 30 heavy (non-hydrogen) atoms. The number of nitro groups is 1. The highest BCUT2D eigenvalue weighted by Gasteiger charge is 2.38. The average molecular weight is 405 g/mol. The van der Waals surface area contributed by atoms with Crippen LogP contribution >= 0.6 is 0 Å². The second kappa shape index (κ2) is 9.71. The van der Waals surface area contributed by atoms with Gasteiger partial charge in [0.05, 0.1) is 4.92 Å². The number of aryl methyl sites for hydroxylation is 1. The summed E-state index contributed by atoms with van der Waals surface area (Å²) in [5.41, 5.74) is 7.01. The van der Waals surface area contributed by atoms with Gasteiger partial charge in [-0.3, -0.25) is 30.2 Å². The molecule has 0 fully saturated rings. The minimum Gasteiger partial charge on any atom is -0.368 e. The van der Waals surface area contributed by atoms with Crippen LogP contribution in [0.3, 0.4) is 0 Å². The number of nitrogens with zero attached hydrogens (tertiary/aromatic N) is 3. The molecule has 0 saturated heterocycles. The molecule has 1 unspecified atom stereocenters. The Morgan fingerprint density at radius 1 is 1.03 bits per heavy atom. The number of carbonyl (C=O) groups excluding carboxylic acids is 1. The lowest BCUT2D eigenvalue weighted by molar-refractivity contribution is -0.385. The quantitative estimate of drug-likeness (QED) is 0.394. The van der Waals surface area contributed by atoms with E-state index in [9.17, 15) is 14.9 Å². The number of nitro benzene ring substituents is 1. The van der Waals surface area contributed by atoms with Crippen molar-refractivity contribution >= 4 is 11.6 Å². The number of rotatable bonds is 10. The van der Waals surface area contributed by atoms with Crippen molar-refractivity contribution in [1.82, 2.24) is 15.3 Å². The Bertz CT molecular complexity index is 998. The van der Waals surface area contributed by atoms with Crippen LogP contribution < -0.4 is 11.1 Å². The largest absolute Gasteiger partial charge is 0.368 e. The van der Waals surface area contributed by atoms with E-state index in [2.05, 4.69) is 15.3 Å². The number of pyridine rings is 2. The molecule has 2 heterocycles. The van der Waals surface area contributed by atoms with E-state index in [1.165, 1.54) is 12.1 Å². The number of non-ortho nitro benzene ring substituents is 1. The van der Waals surface area contributed by atoms with Crippen molar-refractivity contribution in [1.29, 1.82) is 0 Å². The molecule has 154 valence electrons. The molecule has 0 saturated carbocycles. The first kappa shape index (κ1) is 21.1. The number of hydrogen-bond donors (Lipinski definition) is 2. The van der Waals surface area contributed by atoms with E-state index in [-0.39, 0.29) is 5.69 Å². The lowest BCUT2D eigenvalue weighted by Gasteiger charge is -2.32. The average Bonchev–Trinajstić information content (AvgIpc) is 2.77. The predicted octanol–water partition coefficient (Wildman–Crippen LogP) is 2.53. The Morgan fingerprint density at radius 2 is 1.83 bits per heavy atom. The number of primary amides is 1. The third kappa shape index (κ3) is 5.03. The summed E-state index contributed by atoms with van der Waals surface area (Å²) >= 11 is 0. The zero-order valence-electron chi connectivity index (χ0n) is 16.4. The highest BCUT2D eigenvalue weighted by molar-refractivity contribution is 5.86. The molecular formula is C22H23N5O3. The van der Waals surface area contributed by atoms with Gasteiger partial charge < -0.3 is 5.73 Å². The molecule has 1 atom stereocenters. The maximum Gasteiger partial charge on any atom is 0.269 e. The molecular weight excluding hydrogens is 382 g/mol. The highest BCUT2D eigenvalue weighted by atomic mass is 16.6. The third-order valence-electron chi connectivity index (χ3n) is 5.07. The van der Waals surface area contributed by atoms with Gasteiger partial charge in [0.1, 0.15) is 5.54 Å². The van der Waals surface area contributed by atoms with E-state index in [4.69, 9.17) is 5.73 Å². The summed E-state index contributed by atoms with van der Waals surface area (Å²) in [6, 6.07) is 13.6. The maximum atomic E-state index is 12.7. The fourth-order valence-corrected chi connectivity index (χ4v) is 3.42. The Kier molecular flexibility index (Phi) is 6.82. The topological polar surface area (TPSA) is 124 Å². The molecule has 0 spiro atoms. The molecule has 3 rings (SSSR count). The smallest absolute Gasteiger partial charge is 0.269 e. The van der Waals surface area contributed by atoms with Gasteiger partial charge in [-0.1, -0.05) is 18.2 Å². The van der Waals surface area contributed by atoms with Crippen LogP contribution in [0.2, 0.25) is 0 Å². The van der Waals surface area contributed by atoms with Crippen LogP contribution in [-0.4, -0.2) is 27.3 Å². The van der Waals surface area contributed by atoms with Crippen LogP contribution in [0.25, 0.3) is 0 Å². The first-order chi connectivity index (χ1) is 14.5. The number of benzene rings is 1. The highest BCUT2D eigenvalue weighted by Crippen LogP contribution is 2.29. The number of carbonyl (C=O) groups is 1. The van der Waals surface area contributed by atoms with Gasteiger partial charge in [-0.05, 0) is 54.2 Å². The molecule has 1 amide bonds. The summed E-state index contributed by atoms with van der Waals surface area (Å²) in [5, 5.41) is 14.6. The first-order valence-electron chi connectivity index (χ1n) is 9.59. The summed E-state index contributed by atoms with van der Waals surface area (Å²) in [4.78, 5) is 31.6. The number of hydrogen-bond acceptors (Lipinski definition) is 6. The van der Waals surface area contributed by atoms with Crippen LogP contribution in [-0.2, 0) is 23.2 Å². The minimum absolute atomic E-state index is 0.0876. The predicted molar refractivity (Wildman–Crippen MR) is 112 cm³/mol. The standard InChI is InChI=1S/C22H23N5O3/c23-21(28)22(10-6-18-3-2-11-25-16-18,19-4-1-5-20(15-19)27(29)30)26-14-9-17-7-12-24-13-8-17/h1-5,7-8,11-13,15-16,26H,6,9-10,14H2,(H2,23,28). The van der Waals surface area contributed by atoms with Crippen molar-refractivity contribution in [2.45, 2.75) is 24.8 Å². The summed E-state index contributed by atoms with van der Waals surface area (Å²) in [6.07, 6.45) is 8.35. The van der Waals surface area contributed by atoms with Gasteiger partial charge in [-0.2, -0.15) is 0 Å². The maximum absolute atomic E-state index is 12.7. The number of aromatic nitrogens is 2. The van der Waals surface area contributed by atoms with Gasteiger partial charge in [-0.15, -0.1) is 0 Å². The van der Waals surface area contributed by atoms with Crippen LogP contribution in [0.4, 0.5) is 5.69 Å². The van der Waals surface area contributed by atoms with Gasteiger partial charge in [0.2, 0.25) is 5.91 Å². The molecule has 2 aromatic heterocycles. The number of nitrogens with two attached hydrogens (primary N) is 1. The van der Waals surface area contributed by atoms with E-state index in [1.54, 1.807) is 36.9 Å². The molecule has 1 aromatic carbocycles. The molecule has 8 heteroatoms. The monoisotopic (exact) mass is 405 g/mol. The fourth-order valence-electron chi connectivity index (χ4n) is 3.42. The van der Waals surface area contributed by atoms with Crippen LogP contribution in [0, 0.1) is 10.1 Å². The third-order valence-corrected chi connectivity index (χ3v) is 5.07. The SMILES string of the molecule is NC(=O)C(CCc1cccnc1)(NCCc1ccncc1)c1cccc([N+](=O)[O-])c1. The molecule has 8 nitrogen and oxygen atoms in total. The zero-order chi connectivity index (χ0) is 21.4. The van der Waals surface area contributed by atoms with Crippen LogP contribution in [0.5, 0.6) is 0 Å². The number of nitrogens with one attached hydrogen (secondary N) is 1. The molecule has 0 aliphatic heterocycles. The van der Waals surface area contributed by atoms with Crippen LogP contribution in [0.1, 0.15) is 23.1 Å².